The second-order valence-electron chi connectivity index (χ2n) is 2.95. The van der Waals surface area contributed by atoms with E-state index in [1.165, 1.54) is 13.1 Å². The molecule has 0 aliphatic rings. The number of aryl methyl sites for hydroxylation is 1. The highest BCUT2D eigenvalue weighted by Crippen LogP contribution is 2.07. The van der Waals surface area contributed by atoms with Gasteiger partial charge in [0, 0.05) is 0 Å². The molecule has 0 radical (unpaired) electrons. The fraction of sp³-hybridized carbons (Fsp3) is 0.556. The number of carbonyl (C=O) groups excluding carboxylic acids is 1. The second-order valence-corrected chi connectivity index (χ2v) is 2.95. The molecule has 1 aromatic rings. The van der Waals surface area contributed by atoms with E-state index in [1.807, 2.05) is 0 Å². The zero-order valence-electron chi connectivity index (χ0n) is 7.95. The van der Waals surface area contributed by atoms with Gasteiger partial charge in [-0.25, -0.2) is 0 Å². The molecule has 70 valence electrons. The maximum Gasteiger partial charge on any atom is 0.163 e. The van der Waals surface area contributed by atoms with Crippen molar-refractivity contribution < 1.29 is 4.79 Å². The Morgan fingerprint density at radius 3 is 2.92 bits per heavy atom. The molecule has 0 aromatic carbocycles. The Kier molecular flexibility index (Phi) is 3.49. The van der Waals surface area contributed by atoms with Crippen LogP contribution >= 0.6 is 0 Å². The summed E-state index contributed by atoms with van der Waals surface area (Å²) in [5, 5.41) is 11.0. The highest BCUT2D eigenvalue weighted by Gasteiger charge is 2.08. The zero-order chi connectivity index (χ0) is 9.68. The molecule has 1 rings (SSSR count). The van der Waals surface area contributed by atoms with Crippen LogP contribution in [0.1, 0.15) is 42.7 Å². The molecular formula is C9H13N3O. The highest BCUT2D eigenvalue weighted by atomic mass is 16.1. The van der Waals surface area contributed by atoms with Crippen LogP contribution in [0.4, 0.5) is 0 Å². The maximum atomic E-state index is 11.1. The lowest BCUT2D eigenvalue weighted by Crippen LogP contribution is -2.05. The monoisotopic (exact) mass is 179 g/mol. The van der Waals surface area contributed by atoms with Gasteiger partial charge in [0.1, 0.15) is 0 Å². The molecule has 0 saturated carbocycles. The van der Waals surface area contributed by atoms with Gasteiger partial charge >= 0.3 is 0 Å². The summed E-state index contributed by atoms with van der Waals surface area (Å²) in [5.74, 6) is 0.00787. The molecule has 0 spiro atoms. The van der Waals surface area contributed by atoms with Gasteiger partial charge in [-0.05, 0) is 25.0 Å². The summed E-state index contributed by atoms with van der Waals surface area (Å²) in [6.07, 6.45) is 4.40. The van der Waals surface area contributed by atoms with Crippen molar-refractivity contribution >= 4 is 5.78 Å². The number of carbonyl (C=O) groups is 1. The van der Waals surface area contributed by atoms with E-state index in [4.69, 9.17) is 0 Å². The number of nitrogens with zero attached hydrogens (tertiary/aromatic N) is 3. The van der Waals surface area contributed by atoms with Crippen LogP contribution in [0.3, 0.4) is 0 Å². The van der Waals surface area contributed by atoms with Crippen molar-refractivity contribution in [2.75, 3.05) is 0 Å². The van der Waals surface area contributed by atoms with Gasteiger partial charge in [-0.3, -0.25) is 4.79 Å². The Bertz CT molecular complexity index is 299. The number of aromatic nitrogens is 3. The van der Waals surface area contributed by atoms with Crippen molar-refractivity contribution in [3.05, 3.63) is 17.5 Å². The van der Waals surface area contributed by atoms with Gasteiger partial charge < -0.3 is 0 Å². The smallest absolute Gasteiger partial charge is 0.163 e. The molecule has 0 saturated heterocycles. The zero-order valence-corrected chi connectivity index (χ0v) is 7.95. The Hall–Kier alpha value is -1.32. The van der Waals surface area contributed by atoms with Crippen LogP contribution in [0.5, 0.6) is 0 Å². The molecule has 0 N–H and O–H groups in total. The van der Waals surface area contributed by atoms with E-state index < -0.39 is 0 Å². The van der Waals surface area contributed by atoms with Gasteiger partial charge in [0.2, 0.25) is 0 Å². The third-order valence-electron chi connectivity index (χ3n) is 1.86. The molecule has 0 bridgehead atoms. The average Bonchev–Trinajstić information content (AvgIpc) is 2.15. The molecule has 0 amide bonds. The van der Waals surface area contributed by atoms with E-state index in [9.17, 15) is 4.79 Å². The van der Waals surface area contributed by atoms with Crippen LogP contribution in [-0.4, -0.2) is 21.2 Å². The van der Waals surface area contributed by atoms with Crippen molar-refractivity contribution in [1.29, 1.82) is 0 Å². The van der Waals surface area contributed by atoms with Gasteiger partial charge in [0.15, 0.2) is 5.78 Å². The minimum Gasteiger partial charge on any atom is -0.294 e. The highest BCUT2D eigenvalue weighted by molar-refractivity contribution is 5.94. The number of unbranched alkanes of at least 4 members (excludes halogenated alkanes) is 1. The van der Waals surface area contributed by atoms with E-state index in [0.717, 1.165) is 25.0 Å². The molecule has 4 heteroatoms. The van der Waals surface area contributed by atoms with Crippen LogP contribution in [0.25, 0.3) is 0 Å². The molecule has 4 nitrogen and oxygen atoms in total. The summed E-state index contributed by atoms with van der Waals surface area (Å²) in [6.45, 7) is 3.62. The van der Waals surface area contributed by atoms with Gasteiger partial charge in [-0.1, -0.05) is 13.3 Å². The molecule has 13 heavy (non-hydrogen) atoms. The lowest BCUT2D eigenvalue weighted by atomic mass is 10.1. The van der Waals surface area contributed by atoms with Crippen LogP contribution in [-0.2, 0) is 6.42 Å². The molecule has 0 atom stereocenters. The third kappa shape index (κ3) is 2.57. The Morgan fingerprint density at radius 2 is 2.31 bits per heavy atom. The summed E-state index contributed by atoms with van der Waals surface area (Å²) in [6, 6.07) is 0. The first-order chi connectivity index (χ1) is 6.25. The van der Waals surface area contributed by atoms with E-state index in [2.05, 4.69) is 22.3 Å². The molecule has 1 aromatic heterocycles. The van der Waals surface area contributed by atoms with E-state index in [-0.39, 0.29) is 5.78 Å². The van der Waals surface area contributed by atoms with Crippen molar-refractivity contribution in [2.24, 2.45) is 0 Å². The minimum absolute atomic E-state index is 0.00787. The Balaban J connectivity index is 2.84. The first-order valence-electron chi connectivity index (χ1n) is 4.44. The topological polar surface area (TPSA) is 55.7 Å². The normalized spacial score (nSPS) is 10.0. The van der Waals surface area contributed by atoms with Crippen molar-refractivity contribution in [3.63, 3.8) is 0 Å². The second kappa shape index (κ2) is 4.64. The summed E-state index contributed by atoms with van der Waals surface area (Å²) < 4.78 is 0. The molecule has 0 fully saturated rings. The summed E-state index contributed by atoms with van der Waals surface area (Å²) in [5.41, 5.74) is 1.37. The lowest BCUT2D eigenvalue weighted by Gasteiger charge is -2.01. The number of ketones is 1. The van der Waals surface area contributed by atoms with Crippen LogP contribution < -0.4 is 0 Å². The van der Waals surface area contributed by atoms with E-state index in [1.54, 1.807) is 0 Å². The van der Waals surface area contributed by atoms with Crippen molar-refractivity contribution in [1.82, 2.24) is 15.4 Å². The van der Waals surface area contributed by atoms with E-state index >= 15 is 0 Å². The molecule has 0 aliphatic heterocycles. The quantitative estimate of drug-likeness (QED) is 0.656. The number of hydrogen-bond donors (Lipinski definition) is 0. The standard InChI is InChI=1S/C9H13N3O/c1-3-4-5-9-8(7(2)13)6-10-12-11-9/h6H,3-5H2,1-2H3. The van der Waals surface area contributed by atoms with Gasteiger partial charge in [-0.15, -0.1) is 10.2 Å². The van der Waals surface area contributed by atoms with Crippen LogP contribution in [0.15, 0.2) is 6.20 Å². The molecule has 0 unspecified atom stereocenters. The first kappa shape index (κ1) is 9.77. The minimum atomic E-state index is 0.00787. The number of rotatable bonds is 4. The first-order valence-corrected chi connectivity index (χ1v) is 4.44. The molecule has 0 aliphatic carbocycles. The number of Topliss-reactive ketones (excluding diaryl/α,β-unsaturated/α-hetero) is 1. The van der Waals surface area contributed by atoms with Crippen LogP contribution in [0.2, 0.25) is 0 Å². The average molecular weight is 179 g/mol. The van der Waals surface area contributed by atoms with Gasteiger partial charge in [0.05, 0.1) is 17.5 Å². The predicted molar refractivity (Wildman–Crippen MR) is 48.4 cm³/mol. The maximum absolute atomic E-state index is 11.1. The summed E-state index contributed by atoms with van der Waals surface area (Å²) in [7, 11) is 0. The van der Waals surface area contributed by atoms with Crippen molar-refractivity contribution in [3.8, 4) is 0 Å². The summed E-state index contributed by atoms with van der Waals surface area (Å²) in [4.78, 5) is 11.1. The SMILES string of the molecule is CCCCc1nnncc1C(C)=O. The summed E-state index contributed by atoms with van der Waals surface area (Å²) >= 11 is 0. The third-order valence-corrected chi connectivity index (χ3v) is 1.86. The van der Waals surface area contributed by atoms with E-state index in [0.29, 0.717) is 5.56 Å². The number of hydrogen-bond acceptors (Lipinski definition) is 4. The van der Waals surface area contributed by atoms with Crippen molar-refractivity contribution in [2.45, 2.75) is 33.1 Å². The lowest BCUT2D eigenvalue weighted by molar-refractivity contribution is 0.101. The fourth-order valence-corrected chi connectivity index (χ4v) is 1.11. The van der Waals surface area contributed by atoms with Gasteiger partial charge in [0.25, 0.3) is 0 Å². The fourth-order valence-electron chi connectivity index (χ4n) is 1.11. The van der Waals surface area contributed by atoms with Crippen LogP contribution in [0, 0.1) is 0 Å². The predicted octanol–water partition coefficient (Wildman–Crippen LogP) is 1.42. The Labute approximate surface area is 77.4 Å². The van der Waals surface area contributed by atoms with Gasteiger partial charge in [-0.2, -0.15) is 0 Å². The largest absolute Gasteiger partial charge is 0.294 e. The molecule has 1 heterocycles. The Morgan fingerprint density at radius 1 is 1.54 bits per heavy atom. The molecular weight excluding hydrogens is 166 g/mol.